The van der Waals surface area contributed by atoms with Gasteiger partial charge < -0.3 is 15.2 Å². The summed E-state index contributed by atoms with van der Waals surface area (Å²) in [5.74, 6) is -1.34. The third kappa shape index (κ3) is 4.64. The van der Waals surface area contributed by atoms with E-state index in [0.717, 1.165) is 13.1 Å². The highest BCUT2D eigenvalue weighted by Gasteiger charge is 2.17. The van der Waals surface area contributed by atoms with E-state index in [1.54, 1.807) is 0 Å². The predicted molar refractivity (Wildman–Crippen MR) is 77.0 cm³/mol. The van der Waals surface area contributed by atoms with Crippen LogP contribution >= 0.6 is 11.6 Å². The number of aliphatic hydroxyl groups excluding tert-OH is 1. The van der Waals surface area contributed by atoms with Gasteiger partial charge in [0.05, 0.1) is 29.9 Å². The molecule has 0 spiro atoms. The molecule has 0 radical (unpaired) electrons. The smallest absolute Gasteiger partial charge is 0.254 e. The van der Waals surface area contributed by atoms with E-state index >= 15 is 0 Å². The molecule has 116 valence electrons. The van der Waals surface area contributed by atoms with E-state index < -0.39 is 17.8 Å². The van der Waals surface area contributed by atoms with Crippen LogP contribution in [0.5, 0.6) is 0 Å². The van der Waals surface area contributed by atoms with Gasteiger partial charge in [0.15, 0.2) is 5.82 Å². The van der Waals surface area contributed by atoms with Crippen LogP contribution in [0.4, 0.5) is 4.39 Å². The summed E-state index contributed by atoms with van der Waals surface area (Å²) in [7, 11) is 0. The fourth-order valence-corrected chi connectivity index (χ4v) is 2.31. The Bertz CT molecular complexity index is 495. The average molecular weight is 317 g/mol. The summed E-state index contributed by atoms with van der Waals surface area (Å²) in [6.45, 7) is 3.31. The first-order chi connectivity index (χ1) is 10.1. The zero-order chi connectivity index (χ0) is 15.2. The first kappa shape index (κ1) is 16.2. The largest absolute Gasteiger partial charge is 0.390 e. The van der Waals surface area contributed by atoms with Crippen molar-refractivity contribution in [3.63, 3.8) is 0 Å². The van der Waals surface area contributed by atoms with Crippen molar-refractivity contribution in [3.8, 4) is 0 Å². The van der Waals surface area contributed by atoms with Crippen LogP contribution < -0.4 is 5.32 Å². The topological polar surface area (TPSA) is 61.8 Å². The molecule has 1 heterocycles. The number of amides is 1. The van der Waals surface area contributed by atoms with Crippen LogP contribution in [-0.4, -0.2) is 61.4 Å². The summed E-state index contributed by atoms with van der Waals surface area (Å²) in [5.41, 5.74) is -0.124. The normalized spacial score (nSPS) is 17.5. The molecule has 2 rings (SSSR count). The van der Waals surface area contributed by atoms with Crippen LogP contribution in [0.15, 0.2) is 18.2 Å². The molecule has 1 atom stereocenters. The van der Waals surface area contributed by atoms with Crippen LogP contribution in [0.25, 0.3) is 0 Å². The molecule has 1 aromatic carbocycles. The van der Waals surface area contributed by atoms with Crippen molar-refractivity contribution in [2.75, 3.05) is 39.4 Å². The molecule has 1 amide bonds. The summed E-state index contributed by atoms with van der Waals surface area (Å²) >= 11 is 5.63. The highest BCUT2D eigenvalue weighted by atomic mass is 35.5. The fraction of sp³-hybridized carbons (Fsp3) is 0.500. The maximum atomic E-state index is 13.7. The molecule has 7 heteroatoms. The molecule has 2 N–H and O–H groups in total. The van der Waals surface area contributed by atoms with Gasteiger partial charge in [-0.1, -0.05) is 17.7 Å². The van der Waals surface area contributed by atoms with Gasteiger partial charge in [0.1, 0.15) is 0 Å². The van der Waals surface area contributed by atoms with Crippen molar-refractivity contribution in [2.24, 2.45) is 0 Å². The zero-order valence-electron chi connectivity index (χ0n) is 11.5. The number of β-amino-alcohol motifs (C(OH)–C–C–N with tert-alkyl or cyclic N) is 1. The summed E-state index contributed by atoms with van der Waals surface area (Å²) < 4.78 is 18.9. The number of ether oxygens (including phenoxy) is 1. The van der Waals surface area contributed by atoms with E-state index in [1.165, 1.54) is 18.2 Å². The van der Waals surface area contributed by atoms with Gasteiger partial charge in [-0.15, -0.1) is 0 Å². The molecular formula is C14H18ClFN2O3. The van der Waals surface area contributed by atoms with Gasteiger partial charge in [-0.2, -0.15) is 0 Å². The lowest BCUT2D eigenvalue weighted by atomic mass is 10.2. The van der Waals surface area contributed by atoms with Crippen LogP contribution in [-0.2, 0) is 4.74 Å². The minimum Gasteiger partial charge on any atom is -0.390 e. The van der Waals surface area contributed by atoms with Crippen molar-refractivity contribution < 1.29 is 19.0 Å². The van der Waals surface area contributed by atoms with Crippen LogP contribution in [0.3, 0.4) is 0 Å². The van der Waals surface area contributed by atoms with Gasteiger partial charge in [0.2, 0.25) is 0 Å². The number of hydrogen-bond donors (Lipinski definition) is 2. The summed E-state index contributed by atoms with van der Waals surface area (Å²) in [4.78, 5) is 13.9. The number of halogens is 2. The van der Waals surface area contributed by atoms with Crippen LogP contribution in [0.2, 0.25) is 5.02 Å². The first-order valence-electron chi connectivity index (χ1n) is 6.78. The lowest BCUT2D eigenvalue weighted by molar-refractivity contribution is 0.0149. The van der Waals surface area contributed by atoms with E-state index in [4.69, 9.17) is 16.3 Å². The standard InChI is InChI=1S/C14H18ClFN2O3/c15-12-3-1-2-11(13(12)16)14(20)17-8-10(19)9-18-4-6-21-7-5-18/h1-3,10,19H,4-9H2,(H,17,20). The van der Waals surface area contributed by atoms with Crippen molar-refractivity contribution in [3.05, 3.63) is 34.6 Å². The number of morpholine rings is 1. The maximum Gasteiger partial charge on any atom is 0.254 e. The van der Waals surface area contributed by atoms with E-state index in [9.17, 15) is 14.3 Å². The highest BCUT2D eigenvalue weighted by Crippen LogP contribution is 2.17. The molecule has 0 saturated carbocycles. The third-order valence-corrected chi connectivity index (χ3v) is 3.56. The summed E-state index contributed by atoms with van der Waals surface area (Å²) in [6, 6.07) is 4.23. The molecule has 0 aromatic heterocycles. The molecule has 0 bridgehead atoms. The molecule has 21 heavy (non-hydrogen) atoms. The van der Waals surface area contributed by atoms with Gasteiger partial charge in [-0.25, -0.2) is 4.39 Å². The van der Waals surface area contributed by atoms with Gasteiger partial charge in [-0.05, 0) is 12.1 Å². The Hall–Kier alpha value is -1.21. The van der Waals surface area contributed by atoms with Crippen LogP contribution in [0.1, 0.15) is 10.4 Å². The molecule has 5 nitrogen and oxygen atoms in total. The van der Waals surface area contributed by atoms with Gasteiger partial charge in [0, 0.05) is 26.2 Å². The van der Waals surface area contributed by atoms with Crippen molar-refractivity contribution in [1.29, 1.82) is 0 Å². The Kier molecular flexibility index (Phi) is 5.93. The Balaban J connectivity index is 1.81. The van der Waals surface area contributed by atoms with Gasteiger partial charge in [-0.3, -0.25) is 9.69 Å². The molecule has 1 unspecified atom stereocenters. The monoisotopic (exact) mass is 316 g/mol. The predicted octanol–water partition coefficient (Wildman–Crippen LogP) is 0.902. The number of carbonyl (C=O) groups is 1. The quantitative estimate of drug-likeness (QED) is 0.847. The van der Waals surface area contributed by atoms with Crippen molar-refractivity contribution in [2.45, 2.75) is 6.10 Å². The molecule has 0 aliphatic carbocycles. The highest BCUT2D eigenvalue weighted by molar-refractivity contribution is 6.31. The minimum atomic E-state index is -0.751. The minimum absolute atomic E-state index is 0.0577. The molecular weight excluding hydrogens is 299 g/mol. The van der Waals surface area contributed by atoms with E-state index in [-0.39, 0.29) is 17.1 Å². The number of aliphatic hydroxyl groups is 1. The van der Waals surface area contributed by atoms with Gasteiger partial charge >= 0.3 is 0 Å². The maximum absolute atomic E-state index is 13.7. The lowest BCUT2D eigenvalue weighted by Gasteiger charge is -2.28. The fourth-order valence-electron chi connectivity index (χ4n) is 2.13. The average Bonchev–Trinajstić information content (AvgIpc) is 2.48. The molecule has 1 aromatic rings. The summed E-state index contributed by atoms with van der Waals surface area (Å²) in [5, 5.41) is 12.3. The third-order valence-electron chi connectivity index (χ3n) is 3.27. The number of carbonyl (C=O) groups excluding carboxylic acids is 1. The lowest BCUT2D eigenvalue weighted by Crippen LogP contribution is -2.44. The molecule has 1 aliphatic heterocycles. The Morgan fingerprint density at radius 1 is 1.48 bits per heavy atom. The van der Waals surface area contributed by atoms with Crippen molar-refractivity contribution >= 4 is 17.5 Å². The van der Waals surface area contributed by atoms with Gasteiger partial charge in [0.25, 0.3) is 5.91 Å². The number of hydrogen-bond acceptors (Lipinski definition) is 4. The van der Waals surface area contributed by atoms with E-state index in [2.05, 4.69) is 10.2 Å². The number of rotatable bonds is 5. The Morgan fingerprint density at radius 2 is 2.19 bits per heavy atom. The Morgan fingerprint density at radius 3 is 2.90 bits per heavy atom. The first-order valence-corrected chi connectivity index (χ1v) is 7.16. The van der Waals surface area contributed by atoms with Crippen LogP contribution in [0, 0.1) is 5.82 Å². The summed E-state index contributed by atoms with van der Waals surface area (Å²) in [6.07, 6.45) is -0.714. The second-order valence-corrected chi connectivity index (χ2v) is 5.29. The number of nitrogens with zero attached hydrogens (tertiary/aromatic N) is 1. The molecule has 1 saturated heterocycles. The zero-order valence-corrected chi connectivity index (χ0v) is 12.3. The molecule has 1 aliphatic rings. The molecule has 1 fully saturated rings. The second kappa shape index (κ2) is 7.70. The Labute approximate surface area is 127 Å². The van der Waals surface area contributed by atoms with E-state index in [1.807, 2.05) is 0 Å². The SMILES string of the molecule is O=C(NCC(O)CN1CCOCC1)c1cccc(Cl)c1F. The van der Waals surface area contributed by atoms with E-state index in [0.29, 0.717) is 19.8 Å². The number of nitrogens with one attached hydrogen (secondary N) is 1. The van der Waals surface area contributed by atoms with Crippen molar-refractivity contribution in [1.82, 2.24) is 10.2 Å². The number of benzene rings is 1. The second-order valence-electron chi connectivity index (χ2n) is 4.88.